The summed E-state index contributed by atoms with van der Waals surface area (Å²) in [6, 6.07) is 20.4. The van der Waals surface area contributed by atoms with Crippen molar-refractivity contribution >= 4 is 11.6 Å². The average molecular weight is 389 g/mol. The fourth-order valence-electron chi connectivity index (χ4n) is 4.47. The van der Waals surface area contributed by atoms with Gasteiger partial charge in [-0.15, -0.1) is 0 Å². The van der Waals surface area contributed by atoms with Crippen LogP contribution in [-0.4, -0.2) is 50.2 Å². The Balaban J connectivity index is 1.40. The van der Waals surface area contributed by atoms with Gasteiger partial charge in [0.25, 0.3) is 5.91 Å². The van der Waals surface area contributed by atoms with Crippen molar-refractivity contribution in [3.8, 4) is 6.07 Å². The molecule has 2 aromatic carbocycles. The van der Waals surface area contributed by atoms with E-state index in [2.05, 4.69) is 11.0 Å². The zero-order valence-corrected chi connectivity index (χ0v) is 16.9. The van der Waals surface area contributed by atoms with Crippen LogP contribution in [0.4, 0.5) is 5.69 Å². The average Bonchev–Trinajstić information content (AvgIpc) is 3.29. The van der Waals surface area contributed by atoms with Crippen molar-refractivity contribution in [2.75, 3.05) is 38.2 Å². The number of carbonyl (C=O) groups is 1. The van der Waals surface area contributed by atoms with E-state index < -0.39 is 5.41 Å². The van der Waals surface area contributed by atoms with Gasteiger partial charge >= 0.3 is 0 Å². The molecule has 0 N–H and O–H groups in total. The van der Waals surface area contributed by atoms with Crippen LogP contribution in [0.5, 0.6) is 0 Å². The van der Waals surface area contributed by atoms with Crippen LogP contribution in [0.15, 0.2) is 54.6 Å². The molecule has 5 heteroatoms. The Labute approximate surface area is 172 Å². The number of amides is 1. The van der Waals surface area contributed by atoms with Gasteiger partial charge in [-0.1, -0.05) is 30.3 Å². The third-order valence-corrected chi connectivity index (χ3v) is 6.40. The molecule has 0 aromatic heterocycles. The van der Waals surface area contributed by atoms with E-state index in [0.29, 0.717) is 31.5 Å². The highest BCUT2D eigenvalue weighted by molar-refractivity contribution is 5.94. The number of anilines is 1. The summed E-state index contributed by atoms with van der Waals surface area (Å²) in [4.78, 5) is 17.2. The van der Waals surface area contributed by atoms with E-state index in [1.54, 1.807) is 7.11 Å². The predicted molar refractivity (Wildman–Crippen MR) is 113 cm³/mol. The number of nitriles is 1. The number of likely N-dealkylation sites (tertiary alicyclic amines) is 1. The van der Waals surface area contributed by atoms with E-state index in [4.69, 9.17) is 4.74 Å². The van der Waals surface area contributed by atoms with Gasteiger partial charge in [0.1, 0.15) is 0 Å². The lowest BCUT2D eigenvalue weighted by Gasteiger charge is -2.37. The summed E-state index contributed by atoms with van der Waals surface area (Å²) in [6.45, 7) is 3.08. The van der Waals surface area contributed by atoms with Crippen LogP contribution in [0.3, 0.4) is 0 Å². The van der Waals surface area contributed by atoms with Crippen LogP contribution >= 0.6 is 0 Å². The number of hydrogen-bond donors (Lipinski definition) is 0. The first-order valence-corrected chi connectivity index (χ1v) is 10.3. The van der Waals surface area contributed by atoms with E-state index in [-0.39, 0.29) is 12.0 Å². The van der Waals surface area contributed by atoms with E-state index in [0.717, 1.165) is 30.8 Å². The highest BCUT2D eigenvalue weighted by Crippen LogP contribution is 2.35. The molecule has 5 nitrogen and oxygen atoms in total. The highest BCUT2D eigenvalue weighted by atomic mass is 16.5. The van der Waals surface area contributed by atoms with Crippen molar-refractivity contribution < 1.29 is 9.53 Å². The molecule has 2 aliphatic rings. The second kappa shape index (κ2) is 8.26. The summed E-state index contributed by atoms with van der Waals surface area (Å²) in [7, 11) is 1.76. The van der Waals surface area contributed by atoms with E-state index in [1.165, 1.54) is 0 Å². The number of benzene rings is 2. The van der Waals surface area contributed by atoms with Crippen molar-refractivity contribution in [2.45, 2.75) is 30.8 Å². The number of piperidine rings is 1. The van der Waals surface area contributed by atoms with Crippen molar-refractivity contribution in [1.29, 1.82) is 5.26 Å². The molecule has 0 saturated carbocycles. The molecular formula is C24H27N3O2. The van der Waals surface area contributed by atoms with Crippen LogP contribution in [0.2, 0.25) is 0 Å². The molecule has 1 atom stereocenters. The first-order chi connectivity index (χ1) is 14.1. The molecule has 1 amide bonds. The van der Waals surface area contributed by atoms with Crippen molar-refractivity contribution in [1.82, 2.24) is 4.90 Å². The molecule has 0 radical (unpaired) electrons. The zero-order chi connectivity index (χ0) is 20.3. The topological polar surface area (TPSA) is 56.6 Å². The van der Waals surface area contributed by atoms with Gasteiger partial charge < -0.3 is 14.5 Å². The number of nitrogens with zero attached hydrogens (tertiary/aromatic N) is 3. The second-order valence-electron chi connectivity index (χ2n) is 7.99. The Morgan fingerprint density at radius 1 is 1.07 bits per heavy atom. The Morgan fingerprint density at radius 2 is 1.76 bits per heavy atom. The number of ether oxygens (including phenoxy) is 1. The van der Waals surface area contributed by atoms with E-state index in [1.807, 2.05) is 59.5 Å². The quantitative estimate of drug-likeness (QED) is 0.802. The van der Waals surface area contributed by atoms with Crippen molar-refractivity contribution in [3.63, 3.8) is 0 Å². The van der Waals surface area contributed by atoms with Gasteiger partial charge in [0.05, 0.1) is 17.6 Å². The summed E-state index contributed by atoms with van der Waals surface area (Å²) in [5.74, 6) is 0.0485. The minimum atomic E-state index is -0.491. The Bertz CT molecular complexity index is 881. The lowest BCUT2D eigenvalue weighted by atomic mass is 9.74. The number of carbonyl (C=O) groups excluding carboxylic acids is 1. The van der Waals surface area contributed by atoms with E-state index >= 15 is 0 Å². The highest BCUT2D eigenvalue weighted by Gasteiger charge is 2.37. The Kier molecular flexibility index (Phi) is 5.55. The van der Waals surface area contributed by atoms with Gasteiger partial charge in [0, 0.05) is 44.5 Å². The van der Waals surface area contributed by atoms with Crippen LogP contribution < -0.4 is 4.90 Å². The Hall–Kier alpha value is -2.84. The van der Waals surface area contributed by atoms with Gasteiger partial charge in [0.15, 0.2) is 0 Å². The maximum atomic E-state index is 13.0. The maximum Gasteiger partial charge on any atom is 0.253 e. The SMILES string of the molecule is CO[C@H]1CCN(c2ccc(C(=O)N3CCC(C#N)(c4ccccc4)CC3)cc2)C1. The summed E-state index contributed by atoms with van der Waals surface area (Å²) >= 11 is 0. The molecule has 2 fully saturated rings. The monoisotopic (exact) mass is 389 g/mol. The molecule has 0 aliphatic carbocycles. The molecule has 0 bridgehead atoms. The van der Waals surface area contributed by atoms with Crippen LogP contribution in [-0.2, 0) is 10.2 Å². The first-order valence-electron chi connectivity index (χ1n) is 10.3. The molecular weight excluding hydrogens is 362 g/mol. The van der Waals surface area contributed by atoms with Crippen molar-refractivity contribution in [2.24, 2.45) is 0 Å². The molecule has 0 spiro atoms. The first kappa shape index (κ1) is 19.5. The van der Waals surface area contributed by atoms with Crippen LogP contribution in [0.1, 0.15) is 35.2 Å². The zero-order valence-electron chi connectivity index (χ0n) is 16.9. The van der Waals surface area contributed by atoms with Gasteiger partial charge in [-0.3, -0.25) is 4.79 Å². The summed E-state index contributed by atoms with van der Waals surface area (Å²) in [5, 5.41) is 9.84. The molecule has 4 rings (SSSR count). The molecule has 2 aromatic rings. The van der Waals surface area contributed by atoms with Gasteiger partial charge in [-0.05, 0) is 49.1 Å². The summed E-state index contributed by atoms with van der Waals surface area (Å²) in [5.41, 5.74) is 2.40. The number of rotatable bonds is 4. The third-order valence-electron chi connectivity index (χ3n) is 6.40. The van der Waals surface area contributed by atoms with E-state index in [9.17, 15) is 10.1 Å². The maximum absolute atomic E-state index is 13.0. The van der Waals surface area contributed by atoms with Crippen molar-refractivity contribution in [3.05, 3.63) is 65.7 Å². The molecule has 29 heavy (non-hydrogen) atoms. The predicted octanol–water partition coefficient (Wildman–Crippen LogP) is 3.61. The fourth-order valence-corrected chi connectivity index (χ4v) is 4.47. The van der Waals surface area contributed by atoms with Crippen LogP contribution in [0, 0.1) is 11.3 Å². The molecule has 2 aliphatic heterocycles. The fraction of sp³-hybridized carbons (Fsp3) is 0.417. The normalized spacial score (nSPS) is 21.0. The van der Waals surface area contributed by atoms with Gasteiger partial charge in [0.2, 0.25) is 0 Å². The second-order valence-corrected chi connectivity index (χ2v) is 7.99. The summed E-state index contributed by atoms with van der Waals surface area (Å²) < 4.78 is 5.44. The van der Waals surface area contributed by atoms with Gasteiger partial charge in [-0.2, -0.15) is 5.26 Å². The minimum Gasteiger partial charge on any atom is -0.380 e. The molecule has 2 heterocycles. The third kappa shape index (κ3) is 3.86. The van der Waals surface area contributed by atoms with Crippen LogP contribution in [0.25, 0.3) is 0 Å². The smallest absolute Gasteiger partial charge is 0.253 e. The number of hydrogen-bond acceptors (Lipinski definition) is 4. The minimum absolute atomic E-state index is 0.0485. The lowest BCUT2D eigenvalue weighted by Crippen LogP contribution is -2.44. The standard InChI is InChI=1S/C24H27N3O2/c1-29-22-11-14-27(17-22)21-9-7-19(8-10-21)23(28)26-15-12-24(18-25,13-16-26)20-5-3-2-4-6-20/h2-10,22H,11-17H2,1H3/t22-/m0/s1. The summed E-state index contributed by atoms with van der Waals surface area (Å²) in [6.07, 6.45) is 2.66. The molecule has 0 unspecified atom stereocenters. The Morgan fingerprint density at radius 3 is 2.34 bits per heavy atom. The van der Waals surface area contributed by atoms with Gasteiger partial charge in [-0.25, -0.2) is 0 Å². The largest absolute Gasteiger partial charge is 0.380 e. The lowest BCUT2D eigenvalue weighted by molar-refractivity contribution is 0.0692. The number of methoxy groups -OCH3 is 1. The molecule has 150 valence electrons. The molecule has 2 saturated heterocycles.